The van der Waals surface area contributed by atoms with E-state index in [1.165, 1.54) is 116 Å². The summed E-state index contributed by atoms with van der Waals surface area (Å²) < 4.78 is 16.9. The Hall–Kier alpha value is -4.71. The second-order valence-corrected chi connectivity index (χ2v) is 21.6. The van der Waals surface area contributed by atoms with E-state index in [0.717, 1.165) is 128 Å². The molecule has 0 aliphatic carbocycles. The molecular formula is C75H122O6. The summed E-state index contributed by atoms with van der Waals surface area (Å²) in [6.07, 6.45) is 97.1. The van der Waals surface area contributed by atoms with Gasteiger partial charge in [-0.05, 0) is 141 Å². The van der Waals surface area contributed by atoms with Crippen LogP contribution in [0.3, 0.4) is 0 Å². The molecule has 0 aromatic rings. The standard InChI is InChI=1S/C75H122O6/c1-4-7-10-13-16-19-22-25-28-31-33-35-36-37-38-40-41-44-47-50-53-56-59-62-65-68-74(77)80-71-72(70-79-73(76)67-64-61-58-55-52-49-46-43-30-27-24-21-18-15-12-9-6-3)81-75(78)69-66-63-60-57-54-51-48-45-42-39-34-32-29-26-23-20-17-14-11-8-5-2/h7-8,10-11,16-17,19-20,25-30,33-35,37-39,45,48,54,57,72H,4-6,9,12-15,18,21-24,31-32,36,40-44,46-47,49-53,55-56,58-71H2,1-3H3/b10-7-,11-8-,19-16-,20-17-,28-25-,29-26-,30-27-,35-33-,38-37-,39-34-,48-45-,57-54-. The second-order valence-electron chi connectivity index (χ2n) is 21.6. The number of carbonyl (C=O) groups is 3. The maximum absolute atomic E-state index is 12.9. The van der Waals surface area contributed by atoms with Crippen LogP contribution in [-0.2, 0) is 28.6 Å². The van der Waals surface area contributed by atoms with Crippen LogP contribution in [0.2, 0.25) is 0 Å². The molecular weight excluding hydrogens is 997 g/mol. The Balaban J connectivity index is 4.48. The number of ether oxygens (including phenoxy) is 3. The van der Waals surface area contributed by atoms with Crippen LogP contribution in [0.5, 0.6) is 0 Å². The lowest BCUT2D eigenvalue weighted by atomic mass is 10.1. The molecule has 0 aromatic carbocycles. The fourth-order valence-electron chi connectivity index (χ4n) is 8.88. The van der Waals surface area contributed by atoms with Gasteiger partial charge in [-0.25, -0.2) is 0 Å². The summed E-state index contributed by atoms with van der Waals surface area (Å²) in [5, 5.41) is 0. The number of allylic oxidation sites excluding steroid dienone is 24. The lowest BCUT2D eigenvalue weighted by molar-refractivity contribution is -0.167. The van der Waals surface area contributed by atoms with Crippen LogP contribution in [-0.4, -0.2) is 37.2 Å². The fourth-order valence-corrected chi connectivity index (χ4v) is 8.88. The average Bonchev–Trinajstić information content (AvgIpc) is 3.47. The van der Waals surface area contributed by atoms with E-state index in [9.17, 15) is 14.4 Å². The Morgan fingerprint density at radius 1 is 0.259 bits per heavy atom. The van der Waals surface area contributed by atoms with Gasteiger partial charge in [0, 0.05) is 19.3 Å². The highest BCUT2D eigenvalue weighted by atomic mass is 16.6. The highest BCUT2D eigenvalue weighted by Crippen LogP contribution is 2.15. The van der Waals surface area contributed by atoms with Crippen molar-refractivity contribution < 1.29 is 28.6 Å². The molecule has 81 heavy (non-hydrogen) atoms. The van der Waals surface area contributed by atoms with Crippen molar-refractivity contribution in [3.8, 4) is 0 Å². The van der Waals surface area contributed by atoms with E-state index in [2.05, 4.69) is 167 Å². The molecule has 458 valence electrons. The Kier molecular flexibility index (Phi) is 63.9. The lowest BCUT2D eigenvalue weighted by Gasteiger charge is -2.18. The molecule has 0 saturated carbocycles. The summed E-state index contributed by atoms with van der Waals surface area (Å²) in [6.45, 7) is 6.38. The molecule has 0 spiro atoms. The van der Waals surface area contributed by atoms with Gasteiger partial charge in [-0.15, -0.1) is 0 Å². The first-order valence-electron chi connectivity index (χ1n) is 33.3. The molecule has 6 heteroatoms. The summed E-state index contributed by atoms with van der Waals surface area (Å²) in [5.74, 6) is -0.955. The zero-order valence-corrected chi connectivity index (χ0v) is 52.5. The van der Waals surface area contributed by atoms with Crippen molar-refractivity contribution in [2.45, 2.75) is 297 Å². The van der Waals surface area contributed by atoms with Crippen molar-refractivity contribution in [3.63, 3.8) is 0 Å². The van der Waals surface area contributed by atoms with Crippen LogP contribution >= 0.6 is 0 Å². The van der Waals surface area contributed by atoms with Crippen molar-refractivity contribution in [1.82, 2.24) is 0 Å². The van der Waals surface area contributed by atoms with Crippen LogP contribution in [0, 0.1) is 0 Å². The molecule has 0 fully saturated rings. The van der Waals surface area contributed by atoms with Gasteiger partial charge < -0.3 is 14.2 Å². The molecule has 0 amide bonds. The number of unbranched alkanes of at least 4 members (excludes halogenated alkanes) is 24. The maximum atomic E-state index is 12.9. The Bertz CT molecular complexity index is 1760. The lowest BCUT2D eigenvalue weighted by Crippen LogP contribution is -2.30. The predicted molar refractivity (Wildman–Crippen MR) is 352 cm³/mol. The van der Waals surface area contributed by atoms with E-state index < -0.39 is 6.10 Å². The predicted octanol–water partition coefficient (Wildman–Crippen LogP) is 23.1. The SMILES string of the molecule is CC/C=C\C/C=C\C/C=C\C/C=C\C/C=C\C/C=C\CCCCC(=O)OC(COC(=O)CCCCCCCCC/C=C\CCCCCCCC)COC(=O)CCCCCCCCCCC/C=C\C/C=C\C/C=C\C/C=C\C/C=C\CC. The molecule has 1 atom stereocenters. The smallest absolute Gasteiger partial charge is 0.306 e. The van der Waals surface area contributed by atoms with Gasteiger partial charge in [-0.2, -0.15) is 0 Å². The quantitative estimate of drug-likeness (QED) is 0.0261. The molecule has 6 nitrogen and oxygen atoms in total. The monoisotopic (exact) mass is 1120 g/mol. The van der Waals surface area contributed by atoms with Gasteiger partial charge in [0.2, 0.25) is 0 Å². The first kappa shape index (κ1) is 76.3. The van der Waals surface area contributed by atoms with Crippen LogP contribution in [0.1, 0.15) is 290 Å². The Labute approximate surface area is 499 Å². The normalized spacial score (nSPS) is 13.1. The van der Waals surface area contributed by atoms with Gasteiger partial charge in [-0.1, -0.05) is 276 Å². The van der Waals surface area contributed by atoms with E-state index in [0.29, 0.717) is 19.3 Å². The van der Waals surface area contributed by atoms with E-state index in [4.69, 9.17) is 14.2 Å². The number of hydrogen-bond donors (Lipinski definition) is 0. The molecule has 1 unspecified atom stereocenters. The summed E-state index contributed by atoms with van der Waals surface area (Å²) in [6, 6.07) is 0. The summed E-state index contributed by atoms with van der Waals surface area (Å²) in [5.41, 5.74) is 0. The molecule has 0 bridgehead atoms. The first-order valence-corrected chi connectivity index (χ1v) is 33.3. The van der Waals surface area contributed by atoms with E-state index in [-0.39, 0.29) is 37.5 Å². The minimum atomic E-state index is -0.814. The summed E-state index contributed by atoms with van der Waals surface area (Å²) >= 11 is 0. The van der Waals surface area contributed by atoms with Gasteiger partial charge in [0.15, 0.2) is 6.10 Å². The zero-order chi connectivity index (χ0) is 58.5. The number of rotatable bonds is 59. The molecule has 0 aromatic heterocycles. The third-order valence-corrected chi connectivity index (χ3v) is 13.8. The fraction of sp³-hybridized carbons (Fsp3) is 0.640. The highest BCUT2D eigenvalue weighted by molar-refractivity contribution is 5.71. The van der Waals surface area contributed by atoms with Crippen molar-refractivity contribution in [3.05, 3.63) is 146 Å². The molecule has 0 heterocycles. The second kappa shape index (κ2) is 67.8. The third-order valence-electron chi connectivity index (χ3n) is 13.8. The highest BCUT2D eigenvalue weighted by Gasteiger charge is 2.19. The van der Waals surface area contributed by atoms with Crippen LogP contribution in [0.25, 0.3) is 0 Å². The minimum absolute atomic E-state index is 0.104. The Morgan fingerprint density at radius 2 is 0.481 bits per heavy atom. The maximum Gasteiger partial charge on any atom is 0.306 e. The van der Waals surface area contributed by atoms with Crippen LogP contribution < -0.4 is 0 Å². The van der Waals surface area contributed by atoms with Gasteiger partial charge in [0.05, 0.1) is 0 Å². The summed E-state index contributed by atoms with van der Waals surface area (Å²) in [7, 11) is 0. The third kappa shape index (κ3) is 66.0. The molecule has 0 aliphatic rings. The van der Waals surface area contributed by atoms with Gasteiger partial charge in [-0.3, -0.25) is 14.4 Å². The van der Waals surface area contributed by atoms with Gasteiger partial charge in [0.25, 0.3) is 0 Å². The Morgan fingerprint density at radius 3 is 0.790 bits per heavy atom. The topological polar surface area (TPSA) is 78.9 Å². The van der Waals surface area contributed by atoms with E-state index in [1.54, 1.807) is 0 Å². The van der Waals surface area contributed by atoms with Crippen LogP contribution in [0.15, 0.2) is 146 Å². The zero-order valence-electron chi connectivity index (χ0n) is 52.5. The largest absolute Gasteiger partial charge is 0.462 e. The van der Waals surface area contributed by atoms with Crippen molar-refractivity contribution in [2.75, 3.05) is 13.2 Å². The first-order chi connectivity index (χ1) is 40.0. The molecule has 0 aliphatic heterocycles. The van der Waals surface area contributed by atoms with Gasteiger partial charge >= 0.3 is 17.9 Å². The van der Waals surface area contributed by atoms with E-state index in [1.807, 2.05) is 0 Å². The summed E-state index contributed by atoms with van der Waals surface area (Å²) in [4.78, 5) is 38.4. The van der Waals surface area contributed by atoms with Crippen molar-refractivity contribution in [2.24, 2.45) is 0 Å². The average molecular weight is 1120 g/mol. The molecule has 0 rings (SSSR count). The van der Waals surface area contributed by atoms with Crippen LogP contribution in [0.4, 0.5) is 0 Å². The van der Waals surface area contributed by atoms with Gasteiger partial charge in [0.1, 0.15) is 13.2 Å². The number of carbonyl (C=O) groups excluding carboxylic acids is 3. The number of hydrogen-bond acceptors (Lipinski definition) is 6. The number of esters is 3. The van der Waals surface area contributed by atoms with Crippen molar-refractivity contribution in [1.29, 1.82) is 0 Å². The molecule has 0 N–H and O–H groups in total. The minimum Gasteiger partial charge on any atom is -0.462 e. The molecule has 0 saturated heterocycles. The van der Waals surface area contributed by atoms with E-state index >= 15 is 0 Å². The van der Waals surface area contributed by atoms with Crippen molar-refractivity contribution >= 4 is 17.9 Å². The molecule has 0 radical (unpaired) electrons.